The molecule has 0 aromatic heterocycles. The second-order valence-corrected chi connectivity index (χ2v) is 6.27. The number of ether oxygens (including phenoxy) is 2. The summed E-state index contributed by atoms with van der Waals surface area (Å²) in [5.74, 6) is 0.557. The van der Waals surface area contributed by atoms with Crippen molar-refractivity contribution in [2.24, 2.45) is 5.92 Å². The Kier molecular flexibility index (Phi) is 6.82. The van der Waals surface area contributed by atoms with Crippen molar-refractivity contribution in [3.8, 4) is 0 Å². The van der Waals surface area contributed by atoms with Crippen LogP contribution in [0.5, 0.6) is 0 Å². The zero-order valence-corrected chi connectivity index (χ0v) is 13.4. The van der Waals surface area contributed by atoms with Gasteiger partial charge in [0.05, 0.1) is 19.8 Å². The van der Waals surface area contributed by atoms with E-state index in [4.69, 9.17) is 9.47 Å². The van der Waals surface area contributed by atoms with Gasteiger partial charge in [-0.15, -0.1) is 0 Å². The summed E-state index contributed by atoms with van der Waals surface area (Å²) in [5.41, 5.74) is 0. The smallest absolute Gasteiger partial charge is 0.317 e. The SMILES string of the molecule is O=C(NCCCOCC1CCOC1)N1CCC=C(Br)C1. The highest BCUT2D eigenvalue weighted by Crippen LogP contribution is 2.14. The largest absolute Gasteiger partial charge is 0.381 e. The van der Waals surface area contributed by atoms with Gasteiger partial charge in [0.2, 0.25) is 0 Å². The van der Waals surface area contributed by atoms with Crippen LogP contribution >= 0.6 is 15.9 Å². The van der Waals surface area contributed by atoms with Gasteiger partial charge in [0.1, 0.15) is 0 Å². The number of carbonyl (C=O) groups excluding carboxylic acids is 1. The minimum atomic E-state index is 0.0132. The summed E-state index contributed by atoms with van der Waals surface area (Å²) in [6.45, 7) is 5.29. The lowest BCUT2D eigenvalue weighted by Gasteiger charge is -2.25. The van der Waals surface area contributed by atoms with Crippen molar-refractivity contribution in [1.29, 1.82) is 0 Å². The molecule has 0 aromatic carbocycles. The zero-order chi connectivity index (χ0) is 14.2. The summed E-state index contributed by atoms with van der Waals surface area (Å²) >= 11 is 3.44. The molecule has 0 aromatic rings. The molecule has 2 aliphatic rings. The lowest BCUT2D eigenvalue weighted by atomic mass is 10.1. The first-order valence-corrected chi connectivity index (χ1v) is 8.08. The molecular weight excluding hydrogens is 324 g/mol. The van der Waals surface area contributed by atoms with Gasteiger partial charge in [-0.25, -0.2) is 4.79 Å². The van der Waals surface area contributed by atoms with Gasteiger partial charge in [0.25, 0.3) is 0 Å². The molecule has 1 fully saturated rings. The third-order valence-corrected chi connectivity index (χ3v) is 4.09. The number of amides is 2. The molecule has 0 radical (unpaired) electrons. The molecule has 1 N–H and O–H groups in total. The Balaban J connectivity index is 1.48. The van der Waals surface area contributed by atoms with Crippen LogP contribution < -0.4 is 5.32 Å². The molecule has 2 heterocycles. The number of carbonyl (C=O) groups is 1. The first-order valence-electron chi connectivity index (χ1n) is 7.28. The molecule has 2 rings (SSSR count). The number of halogens is 1. The van der Waals surface area contributed by atoms with Crippen molar-refractivity contribution in [1.82, 2.24) is 10.2 Å². The highest BCUT2D eigenvalue weighted by Gasteiger charge is 2.17. The topological polar surface area (TPSA) is 50.8 Å². The van der Waals surface area contributed by atoms with Gasteiger partial charge < -0.3 is 19.7 Å². The van der Waals surface area contributed by atoms with E-state index in [0.717, 1.165) is 50.1 Å². The summed E-state index contributed by atoms with van der Waals surface area (Å²) in [6, 6.07) is 0.0132. The van der Waals surface area contributed by atoms with Gasteiger partial charge in [-0.05, 0) is 19.3 Å². The Morgan fingerprint density at radius 1 is 1.60 bits per heavy atom. The van der Waals surface area contributed by atoms with Crippen LogP contribution in [0.2, 0.25) is 0 Å². The number of nitrogens with one attached hydrogen (secondary N) is 1. The molecule has 0 bridgehead atoms. The van der Waals surface area contributed by atoms with E-state index in [-0.39, 0.29) is 6.03 Å². The Hall–Kier alpha value is -0.590. The molecule has 6 heteroatoms. The van der Waals surface area contributed by atoms with Crippen molar-refractivity contribution in [3.63, 3.8) is 0 Å². The minimum absolute atomic E-state index is 0.0132. The third kappa shape index (κ3) is 5.42. The highest BCUT2D eigenvalue weighted by atomic mass is 79.9. The van der Waals surface area contributed by atoms with Crippen LogP contribution in [0.1, 0.15) is 19.3 Å². The van der Waals surface area contributed by atoms with E-state index in [9.17, 15) is 4.79 Å². The van der Waals surface area contributed by atoms with Crippen molar-refractivity contribution in [2.45, 2.75) is 19.3 Å². The lowest BCUT2D eigenvalue weighted by Crippen LogP contribution is -2.42. The molecule has 2 aliphatic heterocycles. The van der Waals surface area contributed by atoms with Crippen LogP contribution in [-0.2, 0) is 9.47 Å². The van der Waals surface area contributed by atoms with Gasteiger partial charge in [0, 0.05) is 36.7 Å². The Labute approximate surface area is 128 Å². The van der Waals surface area contributed by atoms with E-state index in [0.29, 0.717) is 25.6 Å². The van der Waals surface area contributed by atoms with E-state index in [2.05, 4.69) is 27.3 Å². The average Bonchev–Trinajstić information content (AvgIpc) is 2.95. The number of urea groups is 1. The summed E-state index contributed by atoms with van der Waals surface area (Å²) in [4.78, 5) is 13.7. The molecule has 5 nitrogen and oxygen atoms in total. The van der Waals surface area contributed by atoms with E-state index in [1.54, 1.807) is 0 Å². The number of rotatable bonds is 6. The number of nitrogens with zero attached hydrogens (tertiary/aromatic N) is 1. The maximum Gasteiger partial charge on any atom is 0.317 e. The Morgan fingerprint density at radius 3 is 3.25 bits per heavy atom. The van der Waals surface area contributed by atoms with Crippen LogP contribution in [0, 0.1) is 5.92 Å². The fourth-order valence-electron chi connectivity index (χ4n) is 2.32. The normalized spacial score (nSPS) is 22.8. The maximum absolute atomic E-state index is 11.9. The molecule has 1 atom stereocenters. The summed E-state index contributed by atoms with van der Waals surface area (Å²) in [7, 11) is 0. The standard InChI is InChI=1S/C14H23BrN2O3/c15-13-3-1-6-17(9-13)14(18)16-5-2-7-19-10-12-4-8-20-11-12/h3,12H,1-2,4-11H2,(H,16,18). The molecule has 2 amide bonds. The summed E-state index contributed by atoms with van der Waals surface area (Å²) in [5, 5.41) is 2.94. The first kappa shape index (κ1) is 15.8. The molecular formula is C14H23BrN2O3. The van der Waals surface area contributed by atoms with Crippen molar-refractivity contribution < 1.29 is 14.3 Å². The van der Waals surface area contributed by atoms with Crippen molar-refractivity contribution in [2.75, 3.05) is 46.1 Å². The van der Waals surface area contributed by atoms with Gasteiger partial charge in [-0.2, -0.15) is 0 Å². The molecule has 0 aliphatic carbocycles. The van der Waals surface area contributed by atoms with Crippen LogP contribution in [0.15, 0.2) is 10.6 Å². The fourth-order valence-corrected chi connectivity index (χ4v) is 2.85. The number of hydrogen-bond donors (Lipinski definition) is 1. The van der Waals surface area contributed by atoms with Crippen LogP contribution in [0.3, 0.4) is 0 Å². The van der Waals surface area contributed by atoms with E-state index < -0.39 is 0 Å². The van der Waals surface area contributed by atoms with Crippen LogP contribution in [0.25, 0.3) is 0 Å². The molecule has 0 spiro atoms. The average molecular weight is 347 g/mol. The molecule has 114 valence electrons. The minimum Gasteiger partial charge on any atom is -0.381 e. The van der Waals surface area contributed by atoms with Crippen molar-refractivity contribution in [3.05, 3.63) is 10.6 Å². The second-order valence-electron chi connectivity index (χ2n) is 5.25. The van der Waals surface area contributed by atoms with Gasteiger partial charge in [0.15, 0.2) is 0 Å². The molecule has 1 saturated heterocycles. The monoisotopic (exact) mass is 346 g/mol. The van der Waals surface area contributed by atoms with E-state index >= 15 is 0 Å². The predicted octanol–water partition coefficient (Wildman–Crippen LogP) is 2.12. The highest BCUT2D eigenvalue weighted by molar-refractivity contribution is 9.11. The lowest BCUT2D eigenvalue weighted by molar-refractivity contribution is 0.0883. The van der Waals surface area contributed by atoms with Crippen molar-refractivity contribution >= 4 is 22.0 Å². The van der Waals surface area contributed by atoms with E-state index in [1.807, 2.05) is 4.90 Å². The second kappa shape index (κ2) is 8.64. The van der Waals surface area contributed by atoms with Crippen LogP contribution in [0.4, 0.5) is 4.79 Å². The zero-order valence-electron chi connectivity index (χ0n) is 11.8. The molecule has 1 unspecified atom stereocenters. The first-order chi connectivity index (χ1) is 9.75. The van der Waals surface area contributed by atoms with Gasteiger partial charge >= 0.3 is 6.03 Å². The fraction of sp³-hybridized carbons (Fsp3) is 0.786. The summed E-state index contributed by atoms with van der Waals surface area (Å²) in [6.07, 6.45) is 4.99. The van der Waals surface area contributed by atoms with Gasteiger partial charge in [-0.3, -0.25) is 0 Å². The summed E-state index contributed by atoms with van der Waals surface area (Å²) < 4.78 is 12.0. The maximum atomic E-state index is 11.9. The predicted molar refractivity (Wildman–Crippen MR) is 81.0 cm³/mol. The molecule has 0 saturated carbocycles. The van der Waals surface area contributed by atoms with E-state index in [1.165, 1.54) is 0 Å². The Morgan fingerprint density at radius 2 is 2.50 bits per heavy atom. The Bertz CT molecular complexity index is 343. The quantitative estimate of drug-likeness (QED) is 0.749. The number of hydrogen-bond acceptors (Lipinski definition) is 3. The van der Waals surface area contributed by atoms with Gasteiger partial charge in [-0.1, -0.05) is 22.0 Å². The van der Waals surface area contributed by atoms with Crippen LogP contribution in [-0.4, -0.2) is 57.0 Å². The molecule has 20 heavy (non-hydrogen) atoms. The third-order valence-electron chi connectivity index (χ3n) is 3.51.